The summed E-state index contributed by atoms with van der Waals surface area (Å²) >= 11 is 0. The molecular weight excluding hydrogens is 332 g/mol. The van der Waals surface area contributed by atoms with Gasteiger partial charge in [-0.25, -0.2) is 4.79 Å². The van der Waals surface area contributed by atoms with Crippen molar-refractivity contribution in [1.82, 2.24) is 19.6 Å². The molecular formula is C19H24N4O3. The first kappa shape index (κ1) is 18.0. The fourth-order valence-corrected chi connectivity index (χ4v) is 3.04. The Kier molecular flexibility index (Phi) is 5.25. The van der Waals surface area contributed by atoms with Crippen molar-refractivity contribution in [3.8, 4) is 11.3 Å². The molecule has 7 nitrogen and oxygen atoms in total. The molecule has 0 aliphatic carbocycles. The minimum absolute atomic E-state index is 0.109. The molecule has 2 amide bonds. The van der Waals surface area contributed by atoms with Crippen LogP contribution in [0.15, 0.2) is 30.3 Å². The molecule has 0 bridgehead atoms. The van der Waals surface area contributed by atoms with Gasteiger partial charge in [0.1, 0.15) is 0 Å². The van der Waals surface area contributed by atoms with Crippen molar-refractivity contribution in [2.24, 2.45) is 7.05 Å². The van der Waals surface area contributed by atoms with Crippen LogP contribution >= 0.6 is 0 Å². The van der Waals surface area contributed by atoms with Gasteiger partial charge in [0.15, 0.2) is 5.69 Å². The number of hydrogen-bond donors (Lipinski definition) is 0. The summed E-state index contributed by atoms with van der Waals surface area (Å²) < 4.78 is 6.73. The fourth-order valence-electron chi connectivity index (χ4n) is 3.04. The Bertz CT molecular complexity index is 790. The van der Waals surface area contributed by atoms with Crippen molar-refractivity contribution < 1.29 is 14.3 Å². The van der Waals surface area contributed by atoms with Crippen LogP contribution in [-0.4, -0.2) is 64.4 Å². The van der Waals surface area contributed by atoms with Gasteiger partial charge >= 0.3 is 6.09 Å². The molecule has 0 N–H and O–H groups in total. The second-order valence-electron chi connectivity index (χ2n) is 6.38. The first-order valence-electron chi connectivity index (χ1n) is 8.81. The minimum Gasteiger partial charge on any atom is -0.450 e. The smallest absolute Gasteiger partial charge is 0.409 e. The van der Waals surface area contributed by atoms with Gasteiger partial charge in [-0.2, -0.15) is 5.10 Å². The molecule has 26 heavy (non-hydrogen) atoms. The van der Waals surface area contributed by atoms with Crippen LogP contribution in [0.2, 0.25) is 0 Å². The summed E-state index contributed by atoms with van der Waals surface area (Å²) in [6.45, 7) is 6.09. The predicted molar refractivity (Wildman–Crippen MR) is 97.9 cm³/mol. The Morgan fingerprint density at radius 2 is 1.69 bits per heavy atom. The highest BCUT2D eigenvalue weighted by atomic mass is 16.6. The summed E-state index contributed by atoms with van der Waals surface area (Å²) in [5.74, 6) is -0.109. The lowest BCUT2D eigenvalue weighted by Gasteiger charge is -2.33. The van der Waals surface area contributed by atoms with Crippen molar-refractivity contribution in [1.29, 1.82) is 0 Å². The molecule has 0 unspecified atom stereocenters. The van der Waals surface area contributed by atoms with Crippen LogP contribution in [0, 0.1) is 6.92 Å². The lowest BCUT2D eigenvalue weighted by molar-refractivity contribution is 0.0565. The molecule has 2 aromatic rings. The molecule has 0 saturated carbocycles. The molecule has 0 atom stereocenters. The van der Waals surface area contributed by atoms with Crippen molar-refractivity contribution in [3.63, 3.8) is 0 Å². The summed E-state index contributed by atoms with van der Waals surface area (Å²) in [5.41, 5.74) is 3.54. The highest BCUT2D eigenvalue weighted by molar-refractivity contribution is 5.93. The number of ether oxygens (including phenoxy) is 1. The third-order valence-electron chi connectivity index (χ3n) is 4.54. The monoisotopic (exact) mass is 356 g/mol. The van der Waals surface area contributed by atoms with Gasteiger partial charge < -0.3 is 14.5 Å². The van der Waals surface area contributed by atoms with E-state index in [0.29, 0.717) is 38.5 Å². The Morgan fingerprint density at radius 3 is 2.31 bits per heavy atom. The Balaban J connectivity index is 1.69. The molecule has 0 spiro atoms. The van der Waals surface area contributed by atoms with Crippen molar-refractivity contribution in [2.75, 3.05) is 32.8 Å². The molecule has 1 aromatic heterocycles. The Labute approximate surface area is 153 Å². The predicted octanol–water partition coefficient (Wildman–Crippen LogP) is 2.31. The third-order valence-corrected chi connectivity index (χ3v) is 4.54. The van der Waals surface area contributed by atoms with E-state index in [2.05, 4.69) is 5.10 Å². The van der Waals surface area contributed by atoms with Gasteiger partial charge in [-0.3, -0.25) is 9.48 Å². The van der Waals surface area contributed by atoms with Crippen LogP contribution < -0.4 is 0 Å². The van der Waals surface area contributed by atoms with Crippen molar-refractivity contribution in [3.05, 3.63) is 41.6 Å². The van der Waals surface area contributed by atoms with Crippen LogP contribution in [-0.2, 0) is 11.8 Å². The molecule has 0 radical (unpaired) electrons. The van der Waals surface area contributed by atoms with E-state index in [4.69, 9.17) is 4.74 Å². The van der Waals surface area contributed by atoms with E-state index in [1.165, 1.54) is 5.56 Å². The molecule has 1 aromatic carbocycles. The standard InChI is InChI=1S/C19H24N4O3/c1-4-26-19(25)23-11-9-22(10-12-23)18(24)16-13-17(21(3)20-16)15-7-5-14(2)6-8-15/h5-8,13H,4,9-12H2,1-3H3. The second kappa shape index (κ2) is 7.59. The Hall–Kier alpha value is -2.83. The van der Waals surface area contributed by atoms with E-state index in [1.807, 2.05) is 44.3 Å². The van der Waals surface area contributed by atoms with Gasteiger partial charge in [0.05, 0.1) is 12.3 Å². The van der Waals surface area contributed by atoms with Crippen molar-refractivity contribution in [2.45, 2.75) is 13.8 Å². The van der Waals surface area contributed by atoms with Gasteiger partial charge in [0.2, 0.25) is 0 Å². The second-order valence-corrected chi connectivity index (χ2v) is 6.38. The number of aromatic nitrogens is 2. The summed E-state index contributed by atoms with van der Waals surface area (Å²) in [7, 11) is 1.84. The molecule has 1 saturated heterocycles. The number of piperazine rings is 1. The molecule has 7 heteroatoms. The molecule has 1 aliphatic heterocycles. The SMILES string of the molecule is CCOC(=O)N1CCN(C(=O)c2cc(-c3ccc(C)cc3)n(C)n2)CC1. The summed E-state index contributed by atoms with van der Waals surface area (Å²) in [6.07, 6.45) is -0.320. The fraction of sp³-hybridized carbons (Fsp3) is 0.421. The topological polar surface area (TPSA) is 67.7 Å². The molecule has 138 valence electrons. The number of rotatable bonds is 3. The van der Waals surface area contributed by atoms with Crippen LogP contribution in [0.25, 0.3) is 11.3 Å². The lowest BCUT2D eigenvalue weighted by Crippen LogP contribution is -2.50. The molecule has 1 fully saturated rings. The highest BCUT2D eigenvalue weighted by Gasteiger charge is 2.27. The summed E-state index contributed by atoms with van der Waals surface area (Å²) in [4.78, 5) is 27.9. The quantitative estimate of drug-likeness (QED) is 0.846. The van der Waals surface area contributed by atoms with Crippen LogP contribution in [0.1, 0.15) is 23.0 Å². The number of carbonyl (C=O) groups excluding carboxylic acids is 2. The number of nitrogens with zero attached hydrogens (tertiary/aromatic N) is 4. The van der Waals surface area contributed by atoms with Gasteiger partial charge in [-0.1, -0.05) is 29.8 Å². The van der Waals surface area contributed by atoms with E-state index in [-0.39, 0.29) is 12.0 Å². The largest absolute Gasteiger partial charge is 0.450 e. The Morgan fingerprint density at radius 1 is 1.08 bits per heavy atom. The van der Waals surface area contributed by atoms with E-state index in [9.17, 15) is 9.59 Å². The average Bonchev–Trinajstić information content (AvgIpc) is 3.04. The maximum atomic E-state index is 12.8. The number of benzene rings is 1. The zero-order valence-electron chi connectivity index (χ0n) is 15.4. The van der Waals surface area contributed by atoms with E-state index >= 15 is 0 Å². The lowest BCUT2D eigenvalue weighted by atomic mass is 10.1. The van der Waals surface area contributed by atoms with Crippen LogP contribution in [0.4, 0.5) is 4.79 Å². The zero-order chi connectivity index (χ0) is 18.7. The number of amides is 2. The number of aryl methyl sites for hydroxylation is 2. The normalized spacial score (nSPS) is 14.4. The molecule has 3 rings (SSSR count). The number of carbonyl (C=O) groups is 2. The minimum atomic E-state index is -0.320. The third kappa shape index (κ3) is 3.71. The van der Waals surface area contributed by atoms with E-state index < -0.39 is 0 Å². The van der Waals surface area contributed by atoms with E-state index in [0.717, 1.165) is 11.3 Å². The highest BCUT2D eigenvalue weighted by Crippen LogP contribution is 2.21. The van der Waals surface area contributed by atoms with Gasteiger partial charge in [-0.15, -0.1) is 0 Å². The summed E-state index contributed by atoms with van der Waals surface area (Å²) in [5, 5.41) is 4.39. The van der Waals surface area contributed by atoms with E-state index in [1.54, 1.807) is 21.4 Å². The van der Waals surface area contributed by atoms with Crippen LogP contribution in [0.3, 0.4) is 0 Å². The van der Waals surface area contributed by atoms with Crippen molar-refractivity contribution >= 4 is 12.0 Å². The van der Waals surface area contributed by atoms with Gasteiger partial charge in [-0.05, 0) is 25.5 Å². The maximum Gasteiger partial charge on any atom is 0.409 e. The first-order valence-corrected chi connectivity index (χ1v) is 8.81. The van der Waals surface area contributed by atoms with Gasteiger partial charge in [0.25, 0.3) is 5.91 Å². The first-order chi connectivity index (χ1) is 12.5. The zero-order valence-corrected chi connectivity index (χ0v) is 15.4. The van der Waals surface area contributed by atoms with Crippen LogP contribution in [0.5, 0.6) is 0 Å². The van der Waals surface area contributed by atoms with Gasteiger partial charge in [0, 0.05) is 33.2 Å². The molecule has 1 aliphatic rings. The average molecular weight is 356 g/mol. The summed E-state index contributed by atoms with van der Waals surface area (Å²) in [6, 6.07) is 9.96. The molecule has 2 heterocycles. The number of hydrogen-bond acceptors (Lipinski definition) is 4. The maximum absolute atomic E-state index is 12.8.